The van der Waals surface area contributed by atoms with Gasteiger partial charge in [-0.25, -0.2) is 0 Å². The smallest absolute Gasteiger partial charge is 0.286 e. The standard InChI is InChI=1S/C25H29NO6/c27-12-4-5-13-29-24-16-20(19-8-9-21-22(14-19)31-17-30-21)15-23(32-24)25(28)26-11-10-18-6-2-1-3-7-18/h1-3,6-9,14-15,20,24,27H,4-5,10-13,16-17H2,(H,26,28)/t20-,24+/m0/s1. The minimum atomic E-state index is -0.538. The van der Waals surface area contributed by atoms with Crippen LogP contribution in [0, 0.1) is 0 Å². The summed E-state index contributed by atoms with van der Waals surface area (Å²) in [4.78, 5) is 12.8. The van der Waals surface area contributed by atoms with Crippen molar-refractivity contribution in [2.75, 3.05) is 26.6 Å². The molecule has 0 bridgehead atoms. The first-order chi connectivity index (χ1) is 15.7. The van der Waals surface area contributed by atoms with Crippen LogP contribution in [0.15, 0.2) is 60.4 Å². The predicted molar refractivity (Wildman–Crippen MR) is 118 cm³/mol. The van der Waals surface area contributed by atoms with E-state index >= 15 is 0 Å². The van der Waals surface area contributed by atoms with Crippen LogP contribution in [0.3, 0.4) is 0 Å². The molecule has 0 aliphatic carbocycles. The van der Waals surface area contributed by atoms with Crippen molar-refractivity contribution in [3.05, 3.63) is 71.5 Å². The number of carbonyl (C=O) groups excluding carboxylic acids is 1. The maximum absolute atomic E-state index is 12.8. The van der Waals surface area contributed by atoms with Crippen molar-refractivity contribution >= 4 is 5.91 Å². The van der Waals surface area contributed by atoms with Gasteiger partial charge in [-0.2, -0.15) is 0 Å². The van der Waals surface area contributed by atoms with Crippen molar-refractivity contribution in [2.45, 2.75) is 37.9 Å². The van der Waals surface area contributed by atoms with E-state index in [0.717, 1.165) is 29.7 Å². The Hall–Kier alpha value is -3.03. The minimum Gasteiger partial charge on any atom is -0.459 e. The highest BCUT2D eigenvalue weighted by molar-refractivity contribution is 5.91. The summed E-state index contributed by atoms with van der Waals surface area (Å²) >= 11 is 0. The van der Waals surface area contributed by atoms with Crippen LogP contribution in [-0.2, 0) is 20.7 Å². The molecular weight excluding hydrogens is 410 g/mol. The van der Waals surface area contributed by atoms with E-state index in [2.05, 4.69) is 5.32 Å². The van der Waals surface area contributed by atoms with Gasteiger partial charge in [0.25, 0.3) is 5.91 Å². The van der Waals surface area contributed by atoms with Crippen LogP contribution < -0.4 is 14.8 Å². The summed E-state index contributed by atoms with van der Waals surface area (Å²) in [5.74, 6) is 1.38. The van der Waals surface area contributed by atoms with Crippen LogP contribution in [0.5, 0.6) is 11.5 Å². The Balaban J connectivity index is 1.43. The maximum Gasteiger partial charge on any atom is 0.286 e. The van der Waals surface area contributed by atoms with Crippen molar-refractivity contribution < 1.29 is 28.8 Å². The van der Waals surface area contributed by atoms with Crippen molar-refractivity contribution in [2.24, 2.45) is 0 Å². The summed E-state index contributed by atoms with van der Waals surface area (Å²) in [5.41, 5.74) is 2.17. The Kier molecular flexibility index (Phi) is 7.64. The van der Waals surface area contributed by atoms with E-state index in [-0.39, 0.29) is 31.0 Å². The molecule has 0 fully saturated rings. The molecule has 2 aromatic rings. The lowest BCUT2D eigenvalue weighted by atomic mass is 9.92. The molecule has 2 atom stereocenters. The Morgan fingerprint density at radius 1 is 1.09 bits per heavy atom. The molecule has 0 aromatic heterocycles. The van der Waals surface area contributed by atoms with E-state index in [0.29, 0.717) is 31.7 Å². The number of benzene rings is 2. The molecule has 7 nitrogen and oxygen atoms in total. The molecule has 1 amide bonds. The van der Waals surface area contributed by atoms with Crippen LogP contribution in [-0.4, -0.2) is 43.9 Å². The number of hydrogen-bond donors (Lipinski definition) is 2. The third-order valence-corrected chi connectivity index (χ3v) is 5.50. The van der Waals surface area contributed by atoms with Gasteiger partial charge in [-0.15, -0.1) is 0 Å². The van der Waals surface area contributed by atoms with Crippen molar-refractivity contribution in [1.82, 2.24) is 5.32 Å². The van der Waals surface area contributed by atoms with Gasteiger partial charge in [0.2, 0.25) is 13.1 Å². The lowest BCUT2D eigenvalue weighted by Gasteiger charge is -2.29. The van der Waals surface area contributed by atoms with Gasteiger partial charge in [-0.1, -0.05) is 36.4 Å². The van der Waals surface area contributed by atoms with Gasteiger partial charge in [0, 0.05) is 25.5 Å². The first-order valence-corrected chi connectivity index (χ1v) is 11.1. The highest BCUT2D eigenvalue weighted by Gasteiger charge is 2.29. The number of aliphatic hydroxyl groups excluding tert-OH is 1. The van der Waals surface area contributed by atoms with E-state index in [1.165, 1.54) is 0 Å². The van der Waals surface area contributed by atoms with Crippen LogP contribution in [0.25, 0.3) is 0 Å². The fraction of sp³-hybridized carbons (Fsp3) is 0.400. The number of nitrogens with one attached hydrogen (secondary N) is 1. The zero-order valence-corrected chi connectivity index (χ0v) is 18.0. The number of unbranched alkanes of at least 4 members (excludes halogenated alkanes) is 1. The number of carbonyl (C=O) groups is 1. The molecule has 170 valence electrons. The van der Waals surface area contributed by atoms with E-state index < -0.39 is 6.29 Å². The van der Waals surface area contributed by atoms with Gasteiger partial charge < -0.3 is 29.4 Å². The van der Waals surface area contributed by atoms with Gasteiger partial charge in [0.15, 0.2) is 17.3 Å². The summed E-state index contributed by atoms with van der Waals surface area (Å²) in [7, 11) is 0. The third-order valence-electron chi connectivity index (χ3n) is 5.50. The summed E-state index contributed by atoms with van der Waals surface area (Å²) in [6.45, 7) is 1.32. The molecule has 32 heavy (non-hydrogen) atoms. The molecule has 0 saturated heterocycles. The summed E-state index contributed by atoms with van der Waals surface area (Å²) in [5, 5.41) is 11.9. The summed E-state index contributed by atoms with van der Waals surface area (Å²) in [6, 6.07) is 15.8. The van der Waals surface area contributed by atoms with Gasteiger partial charge in [-0.3, -0.25) is 4.79 Å². The van der Waals surface area contributed by atoms with E-state index in [9.17, 15) is 4.79 Å². The largest absolute Gasteiger partial charge is 0.459 e. The van der Waals surface area contributed by atoms with Crippen molar-refractivity contribution in [1.29, 1.82) is 0 Å². The maximum atomic E-state index is 12.8. The number of rotatable bonds is 10. The number of allylic oxidation sites excluding steroid dienone is 1. The van der Waals surface area contributed by atoms with Gasteiger partial charge in [0.05, 0.1) is 6.61 Å². The van der Waals surface area contributed by atoms with E-state index in [1.54, 1.807) is 0 Å². The Labute approximate surface area is 187 Å². The average Bonchev–Trinajstić information content (AvgIpc) is 3.30. The molecule has 0 spiro atoms. The van der Waals surface area contributed by atoms with E-state index in [1.807, 2.05) is 54.6 Å². The summed E-state index contributed by atoms with van der Waals surface area (Å²) < 4.78 is 22.7. The Morgan fingerprint density at radius 2 is 1.94 bits per heavy atom. The second kappa shape index (κ2) is 11.0. The van der Waals surface area contributed by atoms with Crippen LogP contribution in [0.4, 0.5) is 0 Å². The monoisotopic (exact) mass is 439 g/mol. The number of fused-ring (bicyclic) bond motifs is 1. The van der Waals surface area contributed by atoms with Crippen molar-refractivity contribution in [3.63, 3.8) is 0 Å². The molecule has 0 radical (unpaired) electrons. The zero-order chi connectivity index (χ0) is 22.2. The van der Waals surface area contributed by atoms with Gasteiger partial charge in [-0.05, 0) is 48.6 Å². The molecule has 2 aliphatic heterocycles. The molecule has 4 rings (SSSR count). The van der Waals surface area contributed by atoms with Crippen LogP contribution in [0.1, 0.15) is 36.3 Å². The molecule has 0 unspecified atom stereocenters. The lowest BCUT2D eigenvalue weighted by Crippen LogP contribution is -2.34. The van der Waals surface area contributed by atoms with Crippen LogP contribution >= 0.6 is 0 Å². The number of aliphatic hydroxyl groups is 1. The highest BCUT2D eigenvalue weighted by Crippen LogP contribution is 2.38. The average molecular weight is 440 g/mol. The Bertz CT molecular complexity index is 929. The number of hydrogen-bond acceptors (Lipinski definition) is 6. The van der Waals surface area contributed by atoms with Gasteiger partial charge >= 0.3 is 0 Å². The predicted octanol–water partition coefficient (Wildman–Crippen LogP) is 3.28. The lowest BCUT2D eigenvalue weighted by molar-refractivity contribution is -0.146. The van der Waals surface area contributed by atoms with Gasteiger partial charge in [0.1, 0.15) is 0 Å². The zero-order valence-electron chi connectivity index (χ0n) is 18.0. The molecule has 2 aromatic carbocycles. The highest BCUT2D eigenvalue weighted by atomic mass is 16.7. The molecule has 7 heteroatoms. The molecule has 2 heterocycles. The second-order valence-electron chi connectivity index (χ2n) is 7.83. The SMILES string of the molecule is O=C(NCCc1ccccc1)C1=C[C@H](c2ccc3c(c2)OCO3)C[C@H](OCCCCO)O1. The fourth-order valence-electron chi connectivity index (χ4n) is 3.78. The summed E-state index contributed by atoms with van der Waals surface area (Å²) in [6.07, 6.45) is 4.03. The normalized spacial score (nSPS) is 19.2. The quantitative estimate of drug-likeness (QED) is 0.553. The number of ether oxygens (including phenoxy) is 4. The van der Waals surface area contributed by atoms with Crippen molar-refractivity contribution in [3.8, 4) is 11.5 Å². The van der Waals surface area contributed by atoms with E-state index in [4.69, 9.17) is 24.1 Å². The fourth-order valence-corrected chi connectivity index (χ4v) is 3.78. The topological polar surface area (TPSA) is 86.3 Å². The Morgan fingerprint density at radius 3 is 2.78 bits per heavy atom. The first-order valence-electron chi connectivity index (χ1n) is 11.1. The molecule has 2 N–H and O–H groups in total. The molecule has 2 aliphatic rings. The second-order valence-corrected chi connectivity index (χ2v) is 7.83. The minimum absolute atomic E-state index is 0.0593. The number of amides is 1. The third kappa shape index (κ3) is 5.81. The first kappa shape index (κ1) is 22.2. The van der Waals surface area contributed by atoms with Crippen LogP contribution in [0.2, 0.25) is 0 Å². The molecule has 0 saturated carbocycles. The molecular formula is C25H29NO6.